The monoisotopic (exact) mass is 307 g/mol. The normalized spacial score (nSPS) is 11.1. The van der Waals surface area contributed by atoms with Crippen molar-refractivity contribution < 1.29 is 14.6 Å². The summed E-state index contributed by atoms with van der Waals surface area (Å²) in [6.45, 7) is 5.37. The number of aliphatic hydroxyl groups is 1. The van der Waals surface area contributed by atoms with Crippen molar-refractivity contribution in [1.29, 1.82) is 0 Å². The van der Waals surface area contributed by atoms with Crippen LogP contribution in [0.1, 0.15) is 24.4 Å². The summed E-state index contributed by atoms with van der Waals surface area (Å²) in [5.74, 6) is 1.37. The highest BCUT2D eigenvalue weighted by atomic mass is 32.1. The fourth-order valence-corrected chi connectivity index (χ4v) is 2.77. The molecule has 0 radical (unpaired) electrons. The number of methoxy groups -OCH3 is 1. The van der Waals surface area contributed by atoms with Crippen molar-refractivity contribution >= 4 is 11.3 Å². The molecule has 114 valence electrons. The third-order valence-electron chi connectivity index (χ3n) is 2.89. The van der Waals surface area contributed by atoms with Crippen LogP contribution in [0, 0.1) is 5.92 Å². The first-order valence-electron chi connectivity index (χ1n) is 6.95. The number of aromatic nitrogens is 1. The van der Waals surface area contributed by atoms with Gasteiger partial charge in [0.2, 0.25) is 0 Å². The van der Waals surface area contributed by atoms with Gasteiger partial charge in [0.1, 0.15) is 10.8 Å². The first-order valence-corrected chi connectivity index (χ1v) is 7.77. The summed E-state index contributed by atoms with van der Waals surface area (Å²) in [5, 5.41) is 10.3. The number of hydrogen-bond donors (Lipinski definition) is 1. The van der Waals surface area contributed by atoms with Gasteiger partial charge < -0.3 is 14.6 Å². The van der Waals surface area contributed by atoms with E-state index in [1.165, 1.54) is 11.3 Å². The summed E-state index contributed by atoms with van der Waals surface area (Å²) in [5.41, 5.74) is 1.83. The number of thiazole rings is 1. The number of aliphatic hydroxyl groups excluding tert-OH is 1. The van der Waals surface area contributed by atoms with Crippen LogP contribution in [0.15, 0.2) is 24.3 Å². The maximum atomic E-state index is 9.37. The molecule has 4 nitrogen and oxygen atoms in total. The smallest absolute Gasteiger partial charge is 0.124 e. The van der Waals surface area contributed by atoms with Crippen LogP contribution >= 0.6 is 11.3 Å². The average Bonchev–Trinajstić information content (AvgIpc) is 2.89. The third-order valence-corrected chi connectivity index (χ3v) is 4.02. The second-order valence-electron chi connectivity index (χ2n) is 5.21. The van der Waals surface area contributed by atoms with Crippen molar-refractivity contribution in [3.8, 4) is 16.3 Å². The van der Waals surface area contributed by atoms with Gasteiger partial charge in [-0.25, -0.2) is 4.98 Å². The van der Waals surface area contributed by atoms with Crippen molar-refractivity contribution in [2.24, 2.45) is 5.92 Å². The van der Waals surface area contributed by atoms with Gasteiger partial charge in [-0.05, 0) is 30.2 Å². The predicted molar refractivity (Wildman–Crippen MR) is 84.5 cm³/mol. The molecule has 0 atom stereocenters. The molecule has 0 bridgehead atoms. The second-order valence-corrected chi connectivity index (χ2v) is 6.29. The summed E-state index contributed by atoms with van der Waals surface area (Å²) >= 11 is 1.49. The van der Waals surface area contributed by atoms with Crippen LogP contribution in [0.25, 0.3) is 10.6 Å². The average molecular weight is 307 g/mol. The molecule has 1 aromatic heterocycles. The predicted octanol–water partition coefficient (Wildman–Crippen LogP) is 3.48. The van der Waals surface area contributed by atoms with E-state index in [1.807, 2.05) is 24.3 Å². The maximum absolute atomic E-state index is 9.37. The van der Waals surface area contributed by atoms with Gasteiger partial charge in [0.15, 0.2) is 0 Å². The number of benzene rings is 1. The van der Waals surface area contributed by atoms with Crippen LogP contribution in [0.2, 0.25) is 0 Å². The summed E-state index contributed by atoms with van der Waals surface area (Å²) < 4.78 is 10.8. The molecule has 0 spiro atoms. The standard InChI is InChI=1S/C16H21NO3S/c1-11(2)9-20-13-6-4-12(5-7-13)16-17-14(10-19-3)15(8-18)21-16/h4-7,11,18H,8-10H2,1-3H3. The van der Waals surface area contributed by atoms with Crippen molar-refractivity contribution in [3.05, 3.63) is 34.8 Å². The Hall–Kier alpha value is -1.43. The van der Waals surface area contributed by atoms with Gasteiger partial charge in [0.05, 0.1) is 30.4 Å². The zero-order chi connectivity index (χ0) is 15.2. The molecule has 21 heavy (non-hydrogen) atoms. The zero-order valence-corrected chi connectivity index (χ0v) is 13.4. The van der Waals surface area contributed by atoms with Crippen molar-refractivity contribution in [3.63, 3.8) is 0 Å². The molecular formula is C16H21NO3S. The van der Waals surface area contributed by atoms with Gasteiger partial charge in [0, 0.05) is 12.7 Å². The minimum atomic E-state index is -0.00799. The lowest BCUT2D eigenvalue weighted by Gasteiger charge is -2.08. The summed E-state index contributed by atoms with van der Waals surface area (Å²) in [6, 6.07) is 7.89. The highest BCUT2D eigenvalue weighted by molar-refractivity contribution is 7.15. The van der Waals surface area contributed by atoms with Gasteiger partial charge in [-0.3, -0.25) is 0 Å². The quantitative estimate of drug-likeness (QED) is 0.851. The fraction of sp³-hybridized carbons (Fsp3) is 0.438. The van der Waals surface area contributed by atoms with Gasteiger partial charge in [0.25, 0.3) is 0 Å². The molecule has 1 N–H and O–H groups in total. The Bertz CT molecular complexity index is 563. The maximum Gasteiger partial charge on any atom is 0.124 e. The van der Waals surface area contributed by atoms with Crippen LogP contribution < -0.4 is 4.74 Å². The largest absolute Gasteiger partial charge is 0.493 e. The zero-order valence-electron chi connectivity index (χ0n) is 12.6. The molecule has 2 rings (SSSR count). The molecule has 0 aliphatic heterocycles. The van der Waals surface area contributed by atoms with E-state index in [0.717, 1.165) is 26.9 Å². The molecule has 1 aromatic carbocycles. The second kappa shape index (κ2) is 7.54. The van der Waals surface area contributed by atoms with Crippen LogP contribution in [-0.4, -0.2) is 23.8 Å². The molecule has 0 saturated carbocycles. The minimum Gasteiger partial charge on any atom is -0.493 e. The summed E-state index contributed by atoms with van der Waals surface area (Å²) in [6.07, 6.45) is 0. The Morgan fingerprint density at radius 1 is 1.24 bits per heavy atom. The molecule has 0 amide bonds. The summed E-state index contributed by atoms with van der Waals surface area (Å²) in [4.78, 5) is 5.39. The molecule has 0 fully saturated rings. The van der Waals surface area contributed by atoms with Crippen LogP contribution in [0.4, 0.5) is 0 Å². The lowest BCUT2D eigenvalue weighted by atomic mass is 10.2. The van der Waals surface area contributed by atoms with E-state index in [9.17, 15) is 5.11 Å². The van der Waals surface area contributed by atoms with Crippen LogP contribution in [-0.2, 0) is 18.0 Å². The first kappa shape index (κ1) is 15.9. The van der Waals surface area contributed by atoms with E-state index >= 15 is 0 Å². The Balaban J connectivity index is 2.14. The van der Waals surface area contributed by atoms with E-state index in [-0.39, 0.29) is 6.61 Å². The van der Waals surface area contributed by atoms with E-state index in [1.54, 1.807) is 7.11 Å². The molecule has 0 aliphatic carbocycles. The van der Waals surface area contributed by atoms with Crippen molar-refractivity contribution in [2.45, 2.75) is 27.1 Å². The van der Waals surface area contributed by atoms with Gasteiger partial charge >= 0.3 is 0 Å². The number of rotatable bonds is 7. The Morgan fingerprint density at radius 3 is 2.52 bits per heavy atom. The van der Waals surface area contributed by atoms with Gasteiger partial charge in [-0.2, -0.15) is 0 Å². The number of hydrogen-bond acceptors (Lipinski definition) is 5. The number of nitrogens with zero attached hydrogens (tertiary/aromatic N) is 1. The van der Waals surface area contributed by atoms with Gasteiger partial charge in [-0.1, -0.05) is 13.8 Å². The molecule has 0 aliphatic rings. The third kappa shape index (κ3) is 4.27. The lowest BCUT2D eigenvalue weighted by Crippen LogP contribution is -2.04. The molecule has 0 unspecified atom stereocenters. The molecular weight excluding hydrogens is 286 g/mol. The van der Waals surface area contributed by atoms with E-state index in [2.05, 4.69) is 18.8 Å². The van der Waals surface area contributed by atoms with Gasteiger partial charge in [-0.15, -0.1) is 11.3 Å². The van der Waals surface area contributed by atoms with Crippen molar-refractivity contribution in [1.82, 2.24) is 4.98 Å². The number of ether oxygens (including phenoxy) is 2. The van der Waals surface area contributed by atoms with E-state index in [0.29, 0.717) is 19.1 Å². The first-order chi connectivity index (χ1) is 10.1. The van der Waals surface area contributed by atoms with E-state index in [4.69, 9.17) is 9.47 Å². The molecule has 0 saturated heterocycles. The molecule has 2 aromatic rings. The van der Waals surface area contributed by atoms with E-state index < -0.39 is 0 Å². The fourth-order valence-electron chi connectivity index (χ4n) is 1.84. The Labute approximate surface area is 129 Å². The highest BCUT2D eigenvalue weighted by Gasteiger charge is 2.12. The minimum absolute atomic E-state index is 0.00799. The van der Waals surface area contributed by atoms with Crippen LogP contribution in [0.3, 0.4) is 0 Å². The van der Waals surface area contributed by atoms with Crippen molar-refractivity contribution in [2.75, 3.05) is 13.7 Å². The Morgan fingerprint density at radius 2 is 1.95 bits per heavy atom. The highest BCUT2D eigenvalue weighted by Crippen LogP contribution is 2.29. The molecule has 1 heterocycles. The van der Waals surface area contributed by atoms with Crippen LogP contribution in [0.5, 0.6) is 5.75 Å². The molecule has 5 heteroatoms. The SMILES string of the molecule is COCc1nc(-c2ccc(OCC(C)C)cc2)sc1CO. The Kier molecular flexibility index (Phi) is 5.73. The summed E-state index contributed by atoms with van der Waals surface area (Å²) in [7, 11) is 1.63. The lowest BCUT2D eigenvalue weighted by molar-refractivity contribution is 0.179. The topological polar surface area (TPSA) is 51.6 Å².